The Morgan fingerprint density at radius 2 is 1.53 bits per heavy atom. The molecule has 1 atom stereocenters. The molecule has 0 fully saturated rings. The minimum Gasteiger partial charge on any atom is -0.493 e. The Bertz CT molecular complexity index is 1880. The topological polar surface area (TPSA) is 101 Å². The molecule has 5 aromatic rings. The van der Waals surface area contributed by atoms with Gasteiger partial charge in [0.15, 0.2) is 23.0 Å². The summed E-state index contributed by atoms with van der Waals surface area (Å²) < 4.78 is 35.5. The van der Waals surface area contributed by atoms with Crippen molar-refractivity contribution in [3.8, 4) is 45.1 Å². The van der Waals surface area contributed by atoms with E-state index in [9.17, 15) is 4.79 Å². The molecule has 11 heteroatoms. The van der Waals surface area contributed by atoms with Gasteiger partial charge in [-0.05, 0) is 54.1 Å². The van der Waals surface area contributed by atoms with Crippen LogP contribution in [-0.4, -0.2) is 63.3 Å². The number of amides is 1. The molecule has 1 aromatic heterocycles. The van der Waals surface area contributed by atoms with Crippen molar-refractivity contribution in [2.45, 2.75) is 19.4 Å². The predicted molar refractivity (Wildman–Crippen MR) is 182 cm³/mol. The van der Waals surface area contributed by atoms with Gasteiger partial charge in [-0.2, -0.15) is 5.10 Å². The summed E-state index contributed by atoms with van der Waals surface area (Å²) in [6.07, 6.45) is 0.470. The maximum absolute atomic E-state index is 12.7. The highest BCUT2D eigenvalue weighted by Crippen LogP contribution is 2.42. The number of para-hydroxylation sites is 1. The molecule has 242 valence electrons. The van der Waals surface area contributed by atoms with Gasteiger partial charge in [0.2, 0.25) is 11.7 Å². The second-order valence-electron chi connectivity index (χ2n) is 10.7. The molecule has 1 amide bonds. The Kier molecular flexibility index (Phi) is 9.44. The van der Waals surface area contributed by atoms with Crippen LogP contribution in [0.25, 0.3) is 20.8 Å². The Hall–Kier alpha value is -5.29. The van der Waals surface area contributed by atoms with E-state index in [1.165, 1.54) is 11.9 Å². The first-order valence-electron chi connectivity index (χ1n) is 15.0. The van der Waals surface area contributed by atoms with Crippen LogP contribution in [0.5, 0.6) is 34.5 Å². The van der Waals surface area contributed by atoms with Crippen LogP contribution in [0.4, 0.5) is 0 Å². The van der Waals surface area contributed by atoms with E-state index >= 15 is 0 Å². The minimum absolute atomic E-state index is 0.183. The summed E-state index contributed by atoms with van der Waals surface area (Å²) in [5.41, 5.74) is 4.31. The zero-order valence-electron chi connectivity index (χ0n) is 26.8. The summed E-state index contributed by atoms with van der Waals surface area (Å²) in [5.74, 6) is 3.16. The molecule has 10 nitrogen and oxygen atoms in total. The maximum atomic E-state index is 12.7. The van der Waals surface area contributed by atoms with Gasteiger partial charge in [-0.3, -0.25) is 4.79 Å². The number of methoxy groups -OCH3 is 4. The van der Waals surface area contributed by atoms with Gasteiger partial charge in [-0.1, -0.05) is 30.3 Å². The Balaban J connectivity index is 1.15. The molecule has 0 saturated carbocycles. The second kappa shape index (κ2) is 14.0. The Morgan fingerprint density at radius 1 is 0.787 bits per heavy atom. The molecule has 1 aliphatic heterocycles. The molecule has 47 heavy (non-hydrogen) atoms. The molecule has 0 N–H and O–H groups in total. The van der Waals surface area contributed by atoms with Crippen molar-refractivity contribution < 1.29 is 33.2 Å². The highest BCUT2D eigenvalue weighted by molar-refractivity contribution is 7.21. The van der Waals surface area contributed by atoms with Crippen LogP contribution in [0.15, 0.2) is 84.0 Å². The molecule has 0 spiro atoms. The summed E-state index contributed by atoms with van der Waals surface area (Å²) in [6, 6.07) is 25.0. The third kappa shape index (κ3) is 6.66. The van der Waals surface area contributed by atoms with Crippen LogP contribution >= 0.6 is 11.3 Å². The van der Waals surface area contributed by atoms with Crippen LogP contribution in [0.1, 0.15) is 30.5 Å². The molecule has 0 saturated heterocycles. The van der Waals surface area contributed by atoms with Crippen molar-refractivity contribution in [2.75, 3.05) is 41.7 Å². The number of hydrogen-bond acceptors (Lipinski definition) is 10. The van der Waals surface area contributed by atoms with Gasteiger partial charge in [0.05, 0.1) is 50.4 Å². The molecule has 0 aliphatic carbocycles. The van der Waals surface area contributed by atoms with Gasteiger partial charge in [0, 0.05) is 24.5 Å². The molecule has 4 aromatic carbocycles. The van der Waals surface area contributed by atoms with Crippen LogP contribution in [0.2, 0.25) is 0 Å². The van der Waals surface area contributed by atoms with Crippen LogP contribution in [0, 0.1) is 0 Å². The first-order valence-corrected chi connectivity index (χ1v) is 15.8. The summed E-state index contributed by atoms with van der Waals surface area (Å²) >= 11 is 1.65. The number of ether oxygens (including phenoxy) is 6. The number of aromatic nitrogens is 1. The van der Waals surface area contributed by atoms with E-state index in [4.69, 9.17) is 38.5 Å². The normalized spacial score (nSPS) is 14.1. The van der Waals surface area contributed by atoms with E-state index in [1.54, 1.807) is 39.8 Å². The number of thiazole rings is 1. The van der Waals surface area contributed by atoms with Crippen LogP contribution in [0.3, 0.4) is 0 Å². The van der Waals surface area contributed by atoms with E-state index in [2.05, 4.69) is 6.07 Å². The van der Waals surface area contributed by atoms with Crippen molar-refractivity contribution in [1.82, 2.24) is 9.99 Å². The fraction of sp³-hybridized carbons (Fsp3) is 0.250. The monoisotopic (exact) mass is 653 g/mol. The van der Waals surface area contributed by atoms with Crippen LogP contribution in [-0.2, 0) is 4.79 Å². The van der Waals surface area contributed by atoms with Crippen LogP contribution < -0.4 is 28.4 Å². The zero-order valence-corrected chi connectivity index (χ0v) is 27.6. The standard InChI is InChI=1S/C36H35N3O7S/c1-22(40)39-29(21-28(38-39)25-19-32(42-3)35(44-5)33(20-25)43-4)23-13-14-30(41-2)31(18-23)46-16-15-45-26-10-8-9-24(17-26)36-37-27-11-6-7-12-34(27)47-36/h6-14,17-20,29H,15-16,21H2,1-5H3. The number of rotatable bonds is 12. The van der Waals surface area contributed by atoms with Gasteiger partial charge in [-0.25, -0.2) is 9.99 Å². The first-order chi connectivity index (χ1) is 22.9. The number of hydrazone groups is 1. The number of fused-ring (bicyclic) bond motifs is 1. The van der Waals surface area contributed by atoms with Gasteiger partial charge in [0.25, 0.3) is 0 Å². The number of carbonyl (C=O) groups is 1. The van der Waals surface area contributed by atoms with E-state index in [-0.39, 0.29) is 18.6 Å². The summed E-state index contributed by atoms with van der Waals surface area (Å²) in [4.78, 5) is 17.5. The summed E-state index contributed by atoms with van der Waals surface area (Å²) in [5, 5.41) is 7.13. The van der Waals surface area contributed by atoms with Crippen molar-refractivity contribution in [3.05, 3.63) is 90.0 Å². The van der Waals surface area contributed by atoms with E-state index < -0.39 is 0 Å². The largest absolute Gasteiger partial charge is 0.493 e. The molecule has 1 unspecified atom stereocenters. The fourth-order valence-corrected chi connectivity index (χ4v) is 6.48. The van der Waals surface area contributed by atoms with Crippen molar-refractivity contribution in [3.63, 3.8) is 0 Å². The van der Waals surface area contributed by atoms with E-state index in [1.807, 2.05) is 72.8 Å². The minimum atomic E-state index is -0.351. The molecule has 6 rings (SSSR count). The second-order valence-corrected chi connectivity index (χ2v) is 11.7. The first kappa shape index (κ1) is 31.7. The van der Waals surface area contributed by atoms with E-state index in [0.29, 0.717) is 47.5 Å². The Morgan fingerprint density at radius 3 is 2.23 bits per heavy atom. The number of benzene rings is 4. The van der Waals surface area contributed by atoms with E-state index in [0.717, 1.165) is 37.7 Å². The van der Waals surface area contributed by atoms with Crippen molar-refractivity contribution >= 4 is 33.2 Å². The van der Waals surface area contributed by atoms with Gasteiger partial charge < -0.3 is 28.4 Å². The lowest BCUT2D eigenvalue weighted by atomic mass is 9.97. The molecule has 2 heterocycles. The van der Waals surface area contributed by atoms with Crippen molar-refractivity contribution in [1.29, 1.82) is 0 Å². The highest BCUT2D eigenvalue weighted by Gasteiger charge is 2.33. The smallest absolute Gasteiger partial charge is 0.240 e. The third-order valence-corrected chi connectivity index (χ3v) is 8.87. The molecular formula is C36H35N3O7S. The average molecular weight is 654 g/mol. The lowest BCUT2D eigenvalue weighted by Crippen LogP contribution is -2.24. The van der Waals surface area contributed by atoms with Gasteiger partial charge in [0.1, 0.15) is 24.0 Å². The fourth-order valence-electron chi connectivity index (χ4n) is 5.52. The summed E-state index contributed by atoms with van der Waals surface area (Å²) in [7, 11) is 6.27. The number of hydrogen-bond donors (Lipinski definition) is 0. The third-order valence-electron chi connectivity index (χ3n) is 7.79. The van der Waals surface area contributed by atoms with Crippen molar-refractivity contribution in [2.24, 2.45) is 5.10 Å². The van der Waals surface area contributed by atoms with Gasteiger partial charge in [-0.15, -0.1) is 11.3 Å². The average Bonchev–Trinajstić information content (AvgIpc) is 3.75. The molecule has 0 bridgehead atoms. The highest BCUT2D eigenvalue weighted by atomic mass is 32.1. The lowest BCUT2D eigenvalue weighted by molar-refractivity contribution is -0.130. The SMILES string of the molecule is COc1ccc(C2CC(c3cc(OC)c(OC)c(OC)c3)=NN2C(C)=O)cc1OCCOc1cccc(-c2nc3ccccc3s2)c1. The van der Waals surface area contributed by atoms with Gasteiger partial charge >= 0.3 is 0 Å². The molecule has 1 aliphatic rings. The molecule has 0 radical (unpaired) electrons. The zero-order chi connectivity index (χ0) is 32.9. The lowest BCUT2D eigenvalue weighted by Gasteiger charge is -2.22. The summed E-state index contributed by atoms with van der Waals surface area (Å²) in [6.45, 7) is 2.09. The quantitative estimate of drug-likeness (QED) is 0.131. The number of nitrogens with zero attached hydrogens (tertiary/aromatic N) is 3. The Labute approximate surface area is 277 Å². The predicted octanol–water partition coefficient (Wildman–Crippen LogP) is 7.15. The number of carbonyl (C=O) groups excluding carboxylic acids is 1. The molecular weight excluding hydrogens is 618 g/mol. The maximum Gasteiger partial charge on any atom is 0.240 e.